The molecule has 35 heavy (non-hydrogen) atoms. The molecule has 0 atom stereocenters. The zero-order valence-corrected chi connectivity index (χ0v) is 17.6. The van der Waals surface area contributed by atoms with Crippen molar-refractivity contribution in [2.75, 3.05) is 13.3 Å². The fourth-order valence-electron chi connectivity index (χ4n) is 2.92. The molecule has 9 nitrogen and oxygen atoms in total. The van der Waals surface area contributed by atoms with Gasteiger partial charge in [0.1, 0.15) is 6.33 Å². The number of alkyl halides is 3. The van der Waals surface area contributed by atoms with Gasteiger partial charge in [-0.15, -0.1) is 0 Å². The number of carboxylic acid groups (broad SMARTS) is 1. The molecular formula is C21H17F5N4O5. The summed E-state index contributed by atoms with van der Waals surface area (Å²) >= 11 is 0. The number of nitrogens with zero attached hydrogens (tertiary/aromatic N) is 3. The Morgan fingerprint density at radius 1 is 1.09 bits per heavy atom. The van der Waals surface area contributed by atoms with Gasteiger partial charge < -0.3 is 20.3 Å². The number of nitrogens with two attached hydrogens (primary N) is 1. The third kappa shape index (κ3) is 6.03. The predicted molar refractivity (Wildman–Crippen MR) is 111 cm³/mol. The highest BCUT2D eigenvalue weighted by molar-refractivity contribution is 5.73. The van der Waals surface area contributed by atoms with Gasteiger partial charge in [0.2, 0.25) is 6.79 Å². The maximum absolute atomic E-state index is 12.8. The zero-order valence-electron chi connectivity index (χ0n) is 17.6. The van der Waals surface area contributed by atoms with E-state index in [-0.39, 0.29) is 25.5 Å². The van der Waals surface area contributed by atoms with E-state index < -0.39 is 23.9 Å². The molecule has 186 valence electrons. The summed E-state index contributed by atoms with van der Waals surface area (Å²) in [6.45, 7) is -0.514. The molecule has 3 N–H and O–H groups in total. The highest BCUT2D eigenvalue weighted by atomic mass is 19.4. The van der Waals surface area contributed by atoms with Gasteiger partial charge in [-0.05, 0) is 35.4 Å². The lowest BCUT2D eigenvalue weighted by atomic mass is 10.0. The van der Waals surface area contributed by atoms with E-state index in [4.69, 9.17) is 25.1 Å². The van der Waals surface area contributed by atoms with Gasteiger partial charge in [0.25, 0.3) is 6.08 Å². The Hall–Kier alpha value is -4.20. The Balaban J connectivity index is 0.000000429. The molecule has 1 aromatic heterocycles. The van der Waals surface area contributed by atoms with Crippen molar-refractivity contribution in [1.82, 2.24) is 14.3 Å². The van der Waals surface area contributed by atoms with Gasteiger partial charge in [0.05, 0.1) is 12.2 Å². The van der Waals surface area contributed by atoms with Gasteiger partial charge in [0.15, 0.2) is 11.5 Å². The first-order valence-corrected chi connectivity index (χ1v) is 9.69. The van der Waals surface area contributed by atoms with Crippen LogP contribution in [0.3, 0.4) is 0 Å². The van der Waals surface area contributed by atoms with Crippen molar-refractivity contribution in [3.8, 4) is 28.3 Å². The molecule has 1 aliphatic rings. The standard InChI is InChI=1S/C19H16F2N4O3.C2HF3O2/c20-18(21)14(8-22)9-25-19(26)24(10-23-25)15-3-1-2-12(6-15)13-4-5-16-17(7-13)28-11-27-16;3-2(4,5)1(6)7/h1-7,10H,8-9,11,22H2;(H,6,7). The Morgan fingerprint density at radius 3 is 2.37 bits per heavy atom. The summed E-state index contributed by atoms with van der Waals surface area (Å²) in [7, 11) is 0. The van der Waals surface area contributed by atoms with Gasteiger partial charge in [-0.25, -0.2) is 18.8 Å². The van der Waals surface area contributed by atoms with Crippen LogP contribution in [0.25, 0.3) is 16.8 Å². The minimum atomic E-state index is -5.08. The number of halogens is 5. The smallest absolute Gasteiger partial charge is 0.475 e. The lowest BCUT2D eigenvalue weighted by Crippen LogP contribution is -2.26. The van der Waals surface area contributed by atoms with Crippen LogP contribution in [0.4, 0.5) is 22.0 Å². The SMILES string of the molecule is NCC(Cn1ncn(-c2cccc(-c3ccc4c(c3)OCO4)c2)c1=O)=C(F)F.O=C(O)C(F)(F)F. The molecule has 0 radical (unpaired) electrons. The quantitative estimate of drug-likeness (QED) is 0.516. The van der Waals surface area contributed by atoms with Crippen LogP contribution in [-0.4, -0.2) is 44.9 Å². The lowest BCUT2D eigenvalue weighted by Gasteiger charge is -2.07. The van der Waals surface area contributed by atoms with Crippen LogP contribution < -0.4 is 20.9 Å². The van der Waals surface area contributed by atoms with Crippen LogP contribution in [-0.2, 0) is 11.3 Å². The number of fused-ring (bicyclic) bond motifs is 1. The van der Waals surface area contributed by atoms with Gasteiger partial charge >= 0.3 is 17.8 Å². The largest absolute Gasteiger partial charge is 0.490 e. The third-order valence-corrected chi connectivity index (χ3v) is 4.66. The van der Waals surface area contributed by atoms with Crippen molar-refractivity contribution in [3.05, 3.63) is 70.9 Å². The van der Waals surface area contributed by atoms with E-state index in [1.165, 1.54) is 10.9 Å². The molecule has 0 aliphatic carbocycles. The van der Waals surface area contributed by atoms with Crippen molar-refractivity contribution >= 4 is 5.97 Å². The van der Waals surface area contributed by atoms with E-state index in [2.05, 4.69) is 5.10 Å². The van der Waals surface area contributed by atoms with Crippen molar-refractivity contribution in [3.63, 3.8) is 0 Å². The van der Waals surface area contributed by atoms with E-state index in [1.807, 2.05) is 24.3 Å². The summed E-state index contributed by atoms with van der Waals surface area (Å²) < 4.78 is 70.3. The van der Waals surface area contributed by atoms with Crippen molar-refractivity contribution < 1.29 is 41.3 Å². The average Bonchev–Trinajstić information content (AvgIpc) is 3.43. The molecule has 0 saturated heterocycles. The fourth-order valence-corrected chi connectivity index (χ4v) is 2.92. The monoisotopic (exact) mass is 500 g/mol. The first kappa shape index (κ1) is 25.4. The molecule has 3 aromatic rings. The number of carbonyl (C=O) groups is 1. The predicted octanol–water partition coefficient (Wildman–Crippen LogP) is 3.17. The van der Waals surface area contributed by atoms with E-state index >= 15 is 0 Å². The number of aromatic nitrogens is 3. The number of hydrogen-bond donors (Lipinski definition) is 2. The summed E-state index contributed by atoms with van der Waals surface area (Å²) in [6.07, 6.45) is -5.68. The highest BCUT2D eigenvalue weighted by Crippen LogP contribution is 2.36. The number of rotatable bonds is 5. The molecule has 1 aliphatic heterocycles. The Bertz CT molecular complexity index is 1310. The molecule has 2 heterocycles. The maximum Gasteiger partial charge on any atom is 0.490 e. The molecule has 0 amide bonds. The third-order valence-electron chi connectivity index (χ3n) is 4.66. The Labute approximate surface area is 193 Å². The molecule has 0 spiro atoms. The van der Waals surface area contributed by atoms with Gasteiger partial charge in [0, 0.05) is 12.1 Å². The lowest BCUT2D eigenvalue weighted by molar-refractivity contribution is -0.192. The van der Waals surface area contributed by atoms with Crippen LogP contribution in [0, 0.1) is 0 Å². The Morgan fingerprint density at radius 2 is 1.74 bits per heavy atom. The molecule has 0 fully saturated rings. The number of benzene rings is 2. The summed E-state index contributed by atoms with van der Waals surface area (Å²) in [6, 6.07) is 12.8. The maximum atomic E-state index is 12.8. The van der Waals surface area contributed by atoms with E-state index in [0.29, 0.717) is 17.2 Å². The second-order valence-electron chi connectivity index (χ2n) is 6.93. The zero-order chi connectivity index (χ0) is 25.8. The number of aliphatic carboxylic acids is 1. The molecule has 0 bridgehead atoms. The van der Waals surface area contributed by atoms with E-state index in [1.54, 1.807) is 18.2 Å². The van der Waals surface area contributed by atoms with Crippen LogP contribution in [0.1, 0.15) is 0 Å². The van der Waals surface area contributed by atoms with Gasteiger partial charge in [-0.2, -0.15) is 27.1 Å². The van der Waals surface area contributed by atoms with E-state index in [0.717, 1.165) is 15.8 Å². The molecule has 2 aromatic carbocycles. The molecule has 4 rings (SSSR count). The van der Waals surface area contributed by atoms with Gasteiger partial charge in [-0.3, -0.25) is 0 Å². The minimum Gasteiger partial charge on any atom is -0.475 e. The normalized spacial score (nSPS) is 12.1. The van der Waals surface area contributed by atoms with E-state index in [9.17, 15) is 26.7 Å². The molecular weight excluding hydrogens is 483 g/mol. The topological polar surface area (TPSA) is 122 Å². The number of carboxylic acids is 1. The van der Waals surface area contributed by atoms with Crippen molar-refractivity contribution in [1.29, 1.82) is 0 Å². The molecule has 0 saturated carbocycles. The first-order valence-electron chi connectivity index (χ1n) is 9.69. The number of hydrogen-bond acceptors (Lipinski definition) is 6. The van der Waals surface area contributed by atoms with Crippen LogP contribution in [0.2, 0.25) is 0 Å². The first-order chi connectivity index (χ1) is 16.5. The Kier molecular flexibility index (Phi) is 7.54. The summed E-state index contributed by atoms with van der Waals surface area (Å²) in [5, 5.41) is 11.0. The average molecular weight is 500 g/mol. The van der Waals surface area contributed by atoms with Crippen molar-refractivity contribution in [2.24, 2.45) is 5.73 Å². The summed E-state index contributed by atoms with van der Waals surface area (Å²) in [4.78, 5) is 21.5. The van der Waals surface area contributed by atoms with Gasteiger partial charge in [-0.1, -0.05) is 18.2 Å². The highest BCUT2D eigenvalue weighted by Gasteiger charge is 2.38. The second kappa shape index (κ2) is 10.4. The minimum absolute atomic E-state index is 0.187. The number of ether oxygens (including phenoxy) is 2. The van der Waals surface area contributed by atoms with Crippen LogP contribution in [0.5, 0.6) is 11.5 Å². The second-order valence-corrected chi connectivity index (χ2v) is 6.93. The van der Waals surface area contributed by atoms with Crippen LogP contribution >= 0.6 is 0 Å². The molecule has 0 unspecified atom stereocenters. The molecule has 14 heteroatoms. The van der Waals surface area contributed by atoms with Crippen molar-refractivity contribution in [2.45, 2.75) is 12.7 Å². The van der Waals surface area contributed by atoms with Crippen LogP contribution in [0.15, 0.2) is 65.2 Å². The summed E-state index contributed by atoms with van der Waals surface area (Å²) in [5.74, 6) is -1.42. The summed E-state index contributed by atoms with van der Waals surface area (Å²) in [5.41, 5.74) is 6.74. The fraction of sp³-hybridized carbons (Fsp3) is 0.190.